The van der Waals surface area contributed by atoms with E-state index in [9.17, 15) is 19.0 Å². The van der Waals surface area contributed by atoms with E-state index in [-0.39, 0.29) is 0 Å². The van der Waals surface area contributed by atoms with Crippen molar-refractivity contribution in [2.24, 2.45) is 0 Å². The average Bonchev–Trinajstić information content (AvgIpc) is 2.75. The molecule has 30 heavy (non-hydrogen) atoms. The van der Waals surface area contributed by atoms with Gasteiger partial charge in [-0.3, -0.25) is 0 Å². The molecule has 0 saturated carbocycles. The lowest BCUT2D eigenvalue weighted by Gasteiger charge is -2.23. The topological polar surface area (TPSA) is 61.7 Å². The van der Waals surface area contributed by atoms with E-state index in [0.29, 0.717) is 34.0 Å². The summed E-state index contributed by atoms with van der Waals surface area (Å²) in [7, 11) is 0. The fourth-order valence-electron chi connectivity index (χ4n) is 3.43. The van der Waals surface area contributed by atoms with Crippen molar-refractivity contribution in [1.29, 1.82) is 0 Å². The van der Waals surface area contributed by atoms with Crippen molar-refractivity contribution in [2.45, 2.75) is 0 Å². The zero-order valence-corrected chi connectivity index (χ0v) is 15.5. The Kier molecular flexibility index (Phi) is 4.06. The molecule has 0 bridgehead atoms. The summed E-state index contributed by atoms with van der Waals surface area (Å²) in [6.45, 7) is 0. The van der Waals surface area contributed by atoms with Crippen LogP contribution >= 0.6 is 0 Å². The standard InChI is InChI=1S/C24H15F2NO3/c25-17-9-13(1-5-21(17)28)15-3-7-23-19(11-15)27-20-12-16(4-8-24(20)30-23)14-2-6-22(29)18(26)10-14/h1-12,27-29H. The van der Waals surface area contributed by atoms with E-state index in [1.165, 1.54) is 24.3 Å². The summed E-state index contributed by atoms with van der Waals surface area (Å²) in [5.41, 5.74) is 4.14. The predicted octanol–water partition coefficient (Wildman–Crippen LogP) is 6.56. The first-order chi connectivity index (χ1) is 14.5. The first-order valence-electron chi connectivity index (χ1n) is 9.19. The van der Waals surface area contributed by atoms with Gasteiger partial charge in [-0.05, 0) is 70.8 Å². The van der Waals surface area contributed by atoms with E-state index in [4.69, 9.17) is 4.74 Å². The van der Waals surface area contributed by atoms with Gasteiger partial charge in [0.1, 0.15) is 0 Å². The number of rotatable bonds is 2. The second-order valence-electron chi connectivity index (χ2n) is 6.98. The van der Waals surface area contributed by atoms with Crippen molar-refractivity contribution in [2.75, 3.05) is 5.32 Å². The lowest BCUT2D eigenvalue weighted by Crippen LogP contribution is -2.03. The molecular formula is C24H15F2NO3. The van der Waals surface area contributed by atoms with E-state index in [1.807, 2.05) is 24.3 Å². The van der Waals surface area contributed by atoms with Crippen LogP contribution in [0.1, 0.15) is 0 Å². The SMILES string of the molecule is Oc1ccc(-c2ccc3c(c2)Nc2cc(-c4ccc(O)c(F)c4)ccc2O3)cc1F. The molecule has 0 amide bonds. The second kappa shape index (κ2) is 6.77. The zero-order chi connectivity index (χ0) is 20.8. The Balaban J connectivity index is 1.50. The molecule has 1 aliphatic rings. The van der Waals surface area contributed by atoms with Crippen LogP contribution in [0.15, 0.2) is 72.8 Å². The number of anilines is 2. The summed E-state index contributed by atoms with van der Waals surface area (Å²) in [5, 5.41) is 22.1. The van der Waals surface area contributed by atoms with Crippen LogP contribution in [0.5, 0.6) is 23.0 Å². The van der Waals surface area contributed by atoms with Crippen molar-refractivity contribution in [3.8, 4) is 45.3 Å². The largest absolute Gasteiger partial charge is 0.505 e. The third-order valence-electron chi connectivity index (χ3n) is 5.01. The summed E-state index contributed by atoms with van der Waals surface area (Å²) >= 11 is 0. The maximum absolute atomic E-state index is 13.7. The van der Waals surface area contributed by atoms with Gasteiger partial charge in [-0.15, -0.1) is 0 Å². The van der Waals surface area contributed by atoms with E-state index in [0.717, 1.165) is 11.1 Å². The van der Waals surface area contributed by atoms with Gasteiger partial charge in [0.05, 0.1) is 11.4 Å². The Labute approximate surface area is 170 Å². The molecule has 1 heterocycles. The minimum atomic E-state index is -0.689. The zero-order valence-electron chi connectivity index (χ0n) is 15.5. The summed E-state index contributed by atoms with van der Waals surface area (Å²) in [6.07, 6.45) is 0. The summed E-state index contributed by atoms with van der Waals surface area (Å²) in [6, 6.07) is 19.3. The first kappa shape index (κ1) is 18.0. The first-order valence-corrected chi connectivity index (χ1v) is 9.19. The molecule has 0 radical (unpaired) electrons. The fraction of sp³-hybridized carbons (Fsp3) is 0. The normalized spacial score (nSPS) is 11.8. The van der Waals surface area contributed by atoms with Crippen LogP contribution < -0.4 is 10.1 Å². The van der Waals surface area contributed by atoms with Crippen molar-refractivity contribution in [3.05, 3.63) is 84.4 Å². The van der Waals surface area contributed by atoms with Gasteiger partial charge in [0.15, 0.2) is 34.6 Å². The Morgan fingerprint density at radius 3 is 1.40 bits per heavy atom. The molecule has 3 N–H and O–H groups in total. The molecule has 0 aromatic heterocycles. The number of hydrogen-bond donors (Lipinski definition) is 3. The van der Waals surface area contributed by atoms with Gasteiger partial charge in [-0.2, -0.15) is 0 Å². The summed E-state index contributed by atoms with van der Waals surface area (Å²) < 4.78 is 33.4. The molecule has 4 nitrogen and oxygen atoms in total. The molecule has 6 heteroatoms. The highest BCUT2D eigenvalue weighted by Crippen LogP contribution is 2.45. The highest BCUT2D eigenvalue weighted by molar-refractivity contribution is 5.83. The number of phenolic OH excluding ortho intramolecular Hbond substituents is 2. The third kappa shape index (κ3) is 3.08. The van der Waals surface area contributed by atoms with Crippen LogP contribution in [-0.4, -0.2) is 10.2 Å². The summed E-state index contributed by atoms with van der Waals surface area (Å²) in [4.78, 5) is 0. The Hall–Kier alpha value is -4.06. The van der Waals surface area contributed by atoms with Gasteiger partial charge < -0.3 is 20.3 Å². The third-order valence-corrected chi connectivity index (χ3v) is 5.01. The van der Waals surface area contributed by atoms with Crippen LogP contribution in [0, 0.1) is 11.6 Å². The van der Waals surface area contributed by atoms with Crippen LogP contribution in [0.3, 0.4) is 0 Å². The number of nitrogens with one attached hydrogen (secondary N) is 1. The van der Waals surface area contributed by atoms with Crippen molar-refractivity contribution < 1.29 is 23.7 Å². The predicted molar refractivity (Wildman–Crippen MR) is 110 cm³/mol. The smallest absolute Gasteiger partial charge is 0.165 e. The summed E-state index contributed by atoms with van der Waals surface area (Å²) in [5.74, 6) is -0.936. The maximum atomic E-state index is 13.7. The van der Waals surface area contributed by atoms with Crippen LogP contribution in [0.4, 0.5) is 20.2 Å². The molecule has 5 rings (SSSR count). The number of benzene rings is 4. The van der Waals surface area contributed by atoms with Crippen LogP contribution in [0.25, 0.3) is 22.3 Å². The number of aromatic hydroxyl groups is 2. The van der Waals surface area contributed by atoms with Gasteiger partial charge >= 0.3 is 0 Å². The molecule has 148 valence electrons. The average molecular weight is 403 g/mol. The van der Waals surface area contributed by atoms with Crippen molar-refractivity contribution in [1.82, 2.24) is 0 Å². The molecule has 0 spiro atoms. The van der Waals surface area contributed by atoms with E-state index < -0.39 is 23.1 Å². The Morgan fingerprint density at radius 1 is 0.567 bits per heavy atom. The minimum absolute atomic E-state index is 0.398. The molecule has 0 aliphatic carbocycles. The van der Waals surface area contributed by atoms with E-state index >= 15 is 0 Å². The molecule has 0 fully saturated rings. The fourth-order valence-corrected chi connectivity index (χ4v) is 3.43. The van der Waals surface area contributed by atoms with Crippen molar-refractivity contribution >= 4 is 11.4 Å². The van der Waals surface area contributed by atoms with Gasteiger partial charge in [0.25, 0.3) is 0 Å². The molecule has 0 unspecified atom stereocenters. The van der Waals surface area contributed by atoms with Crippen molar-refractivity contribution in [3.63, 3.8) is 0 Å². The van der Waals surface area contributed by atoms with E-state index in [2.05, 4.69) is 5.32 Å². The van der Waals surface area contributed by atoms with Gasteiger partial charge in [0, 0.05) is 0 Å². The van der Waals surface area contributed by atoms with Gasteiger partial charge in [-0.25, -0.2) is 8.78 Å². The number of phenols is 2. The lowest BCUT2D eigenvalue weighted by atomic mass is 10.0. The molecule has 4 aromatic rings. The Morgan fingerprint density at radius 2 is 0.967 bits per heavy atom. The highest BCUT2D eigenvalue weighted by atomic mass is 19.1. The van der Waals surface area contributed by atoms with Crippen LogP contribution in [0.2, 0.25) is 0 Å². The number of hydrogen-bond acceptors (Lipinski definition) is 4. The second-order valence-corrected chi connectivity index (χ2v) is 6.98. The molecule has 1 aliphatic heterocycles. The monoisotopic (exact) mass is 403 g/mol. The molecular weight excluding hydrogens is 388 g/mol. The number of halogens is 2. The number of ether oxygens (including phenoxy) is 1. The lowest BCUT2D eigenvalue weighted by molar-refractivity contribution is 0.432. The Bertz CT molecular complexity index is 1200. The van der Waals surface area contributed by atoms with E-state index in [1.54, 1.807) is 24.3 Å². The highest BCUT2D eigenvalue weighted by Gasteiger charge is 2.18. The molecule has 0 atom stereocenters. The van der Waals surface area contributed by atoms with Gasteiger partial charge in [-0.1, -0.05) is 24.3 Å². The molecule has 0 saturated heterocycles. The maximum Gasteiger partial charge on any atom is 0.165 e. The van der Waals surface area contributed by atoms with Gasteiger partial charge in [0.2, 0.25) is 0 Å². The molecule has 4 aromatic carbocycles. The van der Waals surface area contributed by atoms with Crippen LogP contribution in [-0.2, 0) is 0 Å². The minimum Gasteiger partial charge on any atom is -0.505 e. The number of fused-ring (bicyclic) bond motifs is 2. The quantitative estimate of drug-likeness (QED) is 0.312.